The van der Waals surface area contributed by atoms with Crippen LogP contribution < -0.4 is 14.4 Å². The van der Waals surface area contributed by atoms with Crippen LogP contribution in [0.2, 0.25) is 0 Å². The molecule has 2 heterocycles. The third-order valence-electron chi connectivity index (χ3n) is 5.13. The normalized spacial score (nSPS) is 17.9. The lowest BCUT2D eigenvalue weighted by Gasteiger charge is -2.36. The number of carbonyl (C=O) groups is 1. The van der Waals surface area contributed by atoms with E-state index < -0.39 is 0 Å². The lowest BCUT2D eigenvalue weighted by Crippen LogP contribution is -2.33. The Morgan fingerprint density at radius 3 is 2.64 bits per heavy atom. The Kier molecular flexibility index (Phi) is 5.03. The number of aliphatic hydroxyl groups excluding tert-OH is 1. The molecule has 1 N–H and O–H groups in total. The Morgan fingerprint density at radius 2 is 1.96 bits per heavy atom. The molecule has 0 bridgehead atoms. The molecule has 2 aliphatic heterocycles. The molecule has 0 spiro atoms. The number of ether oxygens (including phenoxy) is 3. The third-order valence-corrected chi connectivity index (χ3v) is 5.62. The fourth-order valence-corrected chi connectivity index (χ4v) is 4.37. The Balaban J connectivity index is 2.00. The summed E-state index contributed by atoms with van der Waals surface area (Å²) in [6.45, 7) is 0.482. The highest BCUT2D eigenvalue weighted by molar-refractivity contribution is 9.10. The van der Waals surface area contributed by atoms with E-state index in [9.17, 15) is 9.90 Å². The van der Waals surface area contributed by atoms with Crippen LogP contribution in [0.4, 0.5) is 5.69 Å². The second-order valence-corrected chi connectivity index (χ2v) is 7.48. The summed E-state index contributed by atoms with van der Waals surface area (Å²) in [5.74, 6) is 0.544. The number of hydrogen-bond donors (Lipinski definition) is 1. The molecule has 0 aliphatic carbocycles. The first kappa shape index (κ1) is 18.8. The minimum Gasteiger partial charge on any atom is -0.493 e. The molecule has 0 radical (unpaired) electrons. The van der Waals surface area contributed by atoms with Gasteiger partial charge >= 0.3 is 5.97 Å². The van der Waals surface area contributed by atoms with E-state index in [4.69, 9.17) is 14.2 Å². The molecule has 146 valence electrons. The molecule has 6 nitrogen and oxygen atoms in total. The average Bonchev–Trinajstić information content (AvgIpc) is 3.08. The van der Waals surface area contributed by atoms with Crippen LogP contribution in [0.3, 0.4) is 0 Å². The molecular weight excluding hydrogens is 426 g/mol. The number of cyclic esters (lactones) is 1. The zero-order chi connectivity index (χ0) is 19.8. The van der Waals surface area contributed by atoms with Gasteiger partial charge < -0.3 is 24.2 Å². The number of β-amino-alcohol motifs (C(OH)–C–C–N with tert-alkyl or cyclic N) is 1. The van der Waals surface area contributed by atoms with E-state index in [1.807, 2.05) is 41.3 Å². The van der Waals surface area contributed by atoms with Crippen molar-refractivity contribution in [3.63, 3.8) is 0 Å². The van der Waals surface area contributed by atoms with Crippen LogP contribution in [0.1, 0.15) is 17.0 Å². The molecular formula is C21H20BrNO5. The van der Waals surface area contributed by atoms with Gasteiger partial charge in [-0.1, -0.05) is 28.1 Å². The van der Waals surface area contributed by atoms with Crippen LogP contribution in [0.25, 0.3) is 0 Å². The van der Waals surface area contributed by atoms with Gasteiger partial charge in [0.1, 0.15) is 6.61 Å². The van der Waals surface area contributed by atoms with Crippen molar-refractivity contribution in [2.45, 2.75) is 5.92 Å². The number of anilines is 1. The molecule has 0 saturated heterocycles. The predicted molar refractivity (Wildman–Crippen MR) is 108 cm³/mol. The van der Waals surface area contributed by atoms with E-state index in [0.29, 0.717) is 23.6 Å². The lowest BCUT2D eigenvalue weighted by atomic mass is 9.80. The fourth-order valence-electron chi connectivity index (χ4n) is 3.95. The Bertz CT molecular complexity index is 971. The molecule has 2 aliphatic rings. The lowest BCUT2D eigenvalue weighted by molar-refractivity contribution is -0.136. The van der Waals surface area contributed by atoms with Gasteiger partial charge in [0.25, 0.3) is 0 Å². The van der Waals surface area contributed by atoms with Crippen LogP contribution >= 0.6 is 15.9 Å². The zero-order valence-corrected chi connectivity index (χ0v) is 17.2. The van der Waals surface area contributed by atoms with Gasteiger partial charge in [-0.05, 0) is 29.3 Å². The zero-order valence-electron chi connectivity index (χ0n) is 15.6. The maximum atomic E-state index is 12.7. The fraction of sp³-hybridized carbons (Fsp3) is 0.286. The average molecular weight is 446 g/mol. The van der Waals surface area contributed by atoms with Crippen molar-refractivity contribution < 1.29 is 24.1 Å². The smallest absolute Gasteiger partial charge is 0.337 e. The van der Waals surface area contributed by atoms with E-state index in [2.05, 4.69) is 15.9 Å². The number of esters is 1. The Morgan fingerprint density at radius 1 is 1.21 bits per heavy atom. The molecule has 1 unspecified atom stereocenters. The van der Waals surface area contributed by atoms with Crippen LogP contribution in [0, 0.1) is 0 Å². The number of nitrogens with zero attached hydrogens (tertiary/aromatic N) is 1. The van der Waals surface area contributed by atoms with Gasteiger partial charge in [-0.25, -0.2) is 4.79 Å². The largest absolute Gasteiger partial charge is 0.493 e. The second-order valence-electron chi connectivity index (χ2n) is 6.57. The summed E-state index contributed by atoms with van der Waals surface area (Å²) < 4.78 is 17.3. The molecule has 28 heavy (non-hydrogen) atoms. The van der Waals surface area contributed by atoms with Crippen LogP contribution in [0.5, 0.6) is 11.5 Å². The standard InChI is InChI=1S/C21H20BrNO5/c1-26-17-9-14-15(10-18(17)27-2)23(6-7-24)16-11-28-21(25)20(16)19(14)12-4-3-5-13(22)8-12/h3-5,8-10,19,24H,6-7,11H2,1-2H3. The molecule has 0 saturated carbocycles. The molecule has 0 fully saturated rings. The summed E-state index contributed by atoms with van der Waals surface area (Å²) in [6, 6.07) is 11.7. The van der Waals surface area contributed by atoms with Crippen molar-refractivity contribution in [1.82, 2.24) is 0 Å². The molecule has 1 atom stereocenters. The molecule has 7 heteroatoms. The van der Waals surface area contributed by atoms with Crippen LogP contribution in [-0.2, 0) is 9.53 Å². The highest BCUT2D eigenvalue weighted by atomic mass is 79.9. The molecule has 2 aromatic carbocycles. The molecule has 4 rings (SSSR count). The predicted octanol–water partition coefficient (Wildman–Crippen LogP) is 3.22. The summed E-state index contributed by atoms with van der Waals surface area (Å²) in [5, 5.41) is 9.62. The summed E-state index contributed by atoms with van der Waals surface area (Å²) in [5.41, 5.74) is 4.13. The molecule has 2 aromatic rings. The highest BCUT2D eigenvalue weighted by Gasteiger charge is 2.42. The highest BCUT2D eigenvalue weighted by Crippen LogP contribution is 2.50. The van der Waals surface area contributed by atoms with E-state index in [-0.39, 0.29) is 25.1 Å². The Labute approximate surface area is 171 Å². The topological polar surface area (TPSA) is 68.2 Å². The minimum atomic E-state index is -0.330. The van der Waals surface area contributed by atoms with Crippen molar-refractivity contribution >= 4 is 27.6 Å². The summed E-state index contributed by atoms with van der Waals surface area (Å²) in [7, 11) is 3.17. The molecule has 0 amide bonds. The monoisotopic (exact) mass is 445 g/mol. The summed E-state index contributed by atoms with van der Waals surface area (Å²) in [6.07, 6.45) is 0. The first-order chi connectivity index (χ1) is 13.6. The number of hydrogen-bond acceptors (Lipinski definition) is 6. The van der Waals surface area contributed by atoms with E-state index >= 15 is 0 Å². The van der Waals surface area contributed by atoms with Crippen molar-refractivity contribution in [3.05, 3.63) is 63.3 Å². The number of halogens is 1. The number of fused-ring (bicyclic) bond motifs is 1. The van der Waals surface area contributed by atoms with Crippen LogP contribution in [-0.4, -0.2) is 45.1 Å². The van der Waals surface area contributed by atoms with E-state index in [1.54, 1.807) is 14.2 Å². The van der Waals surface area contributed by atoms with Gasteiger partial charge in [-0.2, -0.15) is 0 Å². The maximum absolute atomic E-state index is 12.7. The van der Waals surface area contributed by atoms with E-state index in [1.165, 1.54) is 0 Å². The van der Waals surface area contributed by atoms with Crippen molar-refractivity contribution in [3.8, 4) is 11.5 Å². The number of carbonyl (C=O) groups excluding carboxylic acids is 1. The number of rotatable bonds is 5. The van der Waals surface area contributed by atoms with Gasteiger partial charge in [-0.15, -0.1) is 0 Å². The van der Waals surface area contributed by atoms with Crippen molar-refractivity contribution in [2.24, 2.45) is 0 Å². The maximum Gasteiger partial charge on any atom is 0.337 e. The molecule has 0 aromatic heterocycles. The Hall–Kier alpha value is -2.51. The quantitative estimate of drug-likeness (QED) is 0.712. The third kappa shape index (κ3) is 2.95. The first-order valence-electron chi connectivity index (χ1n) is 8.89. The second kappa shape index (κ2) is 7.48. The van der Waals surface area contributed by atoms with E-state index in [0.717, 1.165) is 27.0 Å². The minimum absolute atomic E-state index is 0.0553. The van der Waals surface area contributed by atoms with Gasteiger partial charge in [0, 0.05) is 28.7 Å². The summed E-state index contributed by atoms with van der Waals surface area (Å²) >= 11 is 3.52. The SMILES string of the molecule is COc1cc2c(cc1OC)N(CCO)C1=C(C(=O)OC1)C2c1cccc(Br)c1. The number of benzene rings is 2. The van der Waals surface area contributed by atoms with Gasteiger partial charge in [0.05, 0.1) is 32.1 Å². The van der Waals surface area contributed by atoms with Gasteiger partial charge in [0.15, 0.2) is 11.5 Å². The van der Waals surface area contributed by atoms with Crippen molar-refractivity contribution in [2.75, 3.05) is 38.9 Å². The van der Waals surface area contributed by atoms with Crippen LogP contribution in [0.15, 0.2) is 52.1 Å². The number of methoxy groups -OCH3 is 2. The first-order valence-corrected chi connectivity index (χ1v) is 9.68. The van der Waals surface area contributed by atoms with Crippen molar-refractivity contribution in [1.29, 1.82) is 0 Å². The summed E-state index contributed by atoms with van der Waals surface area (Å²) in [4.78, 5) is 14.6. The number of aliphatic hydroxyl groups is 1. The van der Waals surface area contributed by atoms with Gasteiger partial charge in [-0.3, -0.25) is 0 Å². The van der Waals surface area contributed by atoms with Gasteiger partial charge in [0.2, 0.25) is 0 Å².